The van der Waals surface area contributed by atoms with E-state index in [1.165, 1.54) is 12.3 Å². The zero-order valence-corrected chi connectivity index (χ0v) is 27.1. The highest BCUT2D eigenvalue weighted by atomic mass is 35.5. The van der Waals surface area contributed by atoms with Gasteiger partial charge < -0.3 is 29.6 Å². The minimum absolute atomic E-state index is 0.00683. The average Bonchev–Trinajstić information content (AvgIpc) is 3.47. The van der Waals surface area contributed by atoms with Gasteiger partial charge in [-0.15, -0.1) is 0 Å². The second-order valence-corrected chi connectivity index (χ2v) is 12.8. The average molecular weight is 648 g/mol. The maximum atomic E-state index is 12.0. The molecule has 0 aromatic carbocycles. The molecule has 0 bridgehead atoms. The molecule has 0 saturated heterocycles. The summed E-state index contributed by atoms with van der Waals surface area (Å²) in [7, 11) is 0. The van der Waals surface area contributed by atoms with Crippen LogP contribution in [0.25, 0.3) is 22.1 Å². The highest BCUT2D eigenvalue weighted by molar-refractivity contribution is 6.28. The van der Waals surface area contributed by atoms with Crippen molar-refractivity contribution in [3.8, 4) is 0 Å². The molecule has 4 aromatic heterocycles. The van der Waals surface area contributed by atoms with Crippen LogP contribution >= 0.6 is 23.2 Å². The van der Waals surface area contributed by atoms with E-state index in [4.69, 9.17) is 27.9 Å². The Morgan fingerprint density at radius 2 is 1.66 bits per heavy atom. The van der Waals surface area contributed by atoms with Crippen molar-refractivity contribution in [2.75, 3.05) is 13.1 Å². The number of aromatic carboxylic acids is 1. The third-order valence-electron chi connectivity index (χ3n) is 7.07. The lowest BCUT2D eigenvalue weighted by Crippen LogP contribution is -2.40. The highest BCUT2D eigenvalue weighted by Gasteiger charge is 2.30. The van der Waals surface area contributed by atoms with Gasteiger partial charge in [0.15, 0.2) is 0 Å². The van der Waals surface area contributed by atoms with Gasteiger partial charge >= 0.3 is 12.1 Å². The third kappa shape index (κ3) is 7.21. The van der Waals surface area contributed by atoms with Crippen molar-refractivity contribution >= 4 is 63.2 Å². The predicted molar refractivity (Wildman–Crippen MR) is 166 cm³/mol. The molecule has 236 valence electrons. The van der Waals surface area contributed by atoms with Gasteiger partial charge in [-0.05, 0) is 67.9 Å². The van der Waals surface area contributed by atoms with Crippen LogP contribution in [-0.2, 0) is 4.74 Å². The SMILES string of the molecule is CC(C)[C@@H](CNC(=O)OC(C)(C)C)n1c(C(=O)O)cc2cnc(Cl)nc21.CC(C)[C@H]1CNC(=O)c2cc3cnc(Cl)nc3n21. The number of halogens is 2. The molecule has 44 heavy (non-hydrogen) atoms. The lowest BCUT2D eigenvalue weighted by molar-refractivity contribution is 0.0516. The molecule has 0 spiro atoms. The third-order valence-corrected chi connectivity index (χ3v) is 7.44. The zero-order chi connectivity index (χ0) is 32.5. The maximum absolute atomic E-state index is 12.0. The van der Waals surface area contributed by atoms with Crippen LogP contribution in [0.5, 0.6) is 0 Å². The van der Waals surface area contributed by atoms with Crippen LogP contribution in [0.1, 0.15) is 81.5 Å². The summed E-state index contributed by atoms with van der Waals surface area (Å²) in [5.41, 5.74) is 1.21. The first kappa shape index (κ1) is 32.9. The van der Waals surface area contributed by atoms with Gasteiger partial charge in [0.2, 0.25) is 10.6 Å². The number of nitrogens with one attached hydrogen (secondary N) is 2. The quantitative estimate of drug-likeness (QED) is 0.228. The van der Waals surface area contributed by atoms with Gasteiger partial charge in [0.25, 0.3) is 5.91 Å². The number of nitrogens with zero attached hydrogens (tertiary/aromatic N) is 6. The molecular formula is C29H36Cl2N8O5. The largest absolute Gasteiger partial charge is 0.477 e. The van der Waals surface area contributed by atoms with Crippen molar-refractivity contribution in [1.82, 2.24) is 39.7 Å². The van der Waals surface area contributed by atoms with Crippen LogP contribution in [0, 0.1) is 11.8 Å². The molecule has 5 heterocycles. The van der Waals surface area contributed by atoms with E-state index in [9.17, 15) is 19.5 Å². The maximum Gasteiger partial charge on any atom is 0.407 e. The number of alkyl carbamates (subject to hydrolysis) is 1. The van der Waals surface area contributed by atoms with Crippen LogP contribution in [0.4, 0.5) is 4.79 Å². The summed E-state index contributed by atoms with van der Waals surface area (Å²) in [6, 6.07) is 3.14. The van der Waals surface area contributed by atoms with Gasteiger partial charge in [-0.2, -0.15) is 9.97 Å². The predicted octanol–water partition coefficient (Wildman–Crippen LogP) is 5.53. The number of rotatable bonds is 6. The minimum Gasteiger partial charge on any atom is -0.477 e. The van der Waals surface area contributed by atoms with Gasteiger partial charge in [-0.25, -0.2) is 19.6 Å². The smallest absolute Gasteiger partial charge is 0.407 e. The Morgan fingerprint density at radius 3 is 2.20 bits per heavy atom. The molecule has 3 N–H and O–H groups in total. The summed E-state index contributed by atoms with van der Waals surface area (Å²) in [4.78, 5) is 51.9. The first-order valence-corrected chi connectivity index (χ1v) is 14.9. The van der Waals surface area contributed by atoms with Crippen molar-refractivity contribution in [2.24, 2.45) is 11.8 Å². The Hall–Kier alpha value is -3.97. The summed E-state index contributed by atoms with van der Waals surface area (Å²) in [6.07, 6.45) is 2.57. The van der Waals surface area contributed by atoms with Crippen LogP contribution < -0.4 is 10.6 Å². The molecule has 5 rings (SSSR count). The molecule has 1 aliphatic heterocycles. The molecule has 0 fully saturated rings. The summed E-state index contributed by atoms with van der Waals surface area (Å²) >= 11 is 11.7. The zero-order valence-electron chi connectivity index (χ0n) is 25.6. The molecule has 13 nitrogen and oxygen atoms in total. The molecule has 4 aromatic rings. The molecule has 0 saturated carbocycles. The minimum atomic E-state index is -1.10. The summed E-state index contributed by atoms with van der Waals surface area (Å²) in [5, 5.41) is 16.8. The summed E-state index contributed by atoms with van der Waals surface area (Å²) < 4.78 is 8.80. The van der Waals surface area contributed by atoms with Crippen molar-refractivity contribution < 1.29 is 24.2 Å². The molecule has 1 aliphatic rings. The Bertz CT molecular complexity index is 1710. The topological polar surface area (TPSA) is 166 Å². The highest BCUT2D eigenvalue weighted by Crippen LogP contribution is 2.30. The number of carbonyl (C=O) groups excluding carboxylic acids is 2. The van der Waals surface area contributed by atoms with E-state index in [2.05, 4.69) is 44.4 Å². The van der Waals surface area contributed by atoms with E-state index in [0.717, 1.165) is 11.0 Å². The molecule has 0 aliphatic carbocycles. The van der Waals surface area contributed by atoms with E-state index >= 15 is 0 Å². The van der Waals surface area contributed by atoms with E-state index in [1.807, 2.05) is 24.5 Å². The number of hydrogen-bond donors (Lipinski definition) is 3. The fourth-order valence-electron chi connectivity index (χ4n) is 5.03. The fourth-order valence-corrected chi connectivity index (χ4v) is 5.28. The number of amides is 2. The van der Waals surface area contributed by atoms with E-state index in [1.54, 1.807) is 31.5 Å². The second-order valence-electron chi connectivity index (χ2n) is 12.2. The Balaban J connectivity index is 0.000000213. The Kier molecular flexibility index (Phi) is 9.69. The first-order valence-electron chi connectivity index (χ1n) is 14.1. The monoisotopic (exact) mass is 646 g/mol. The molecule has 0 radical (unpaired) electrons. The molecule has 0 unspecified atom stereocenters. The van der Waals surface area contributed by atoms with Crippen LogP contribution in [-0.4, -0.2) is 70.8 Å². The lowest BCUT2D eigenvalue weighted by atomic mass is 10.0. The first-order chi connectivity index (χ1) is 20.6. The van der Waals surface area contributed by atoms with Crippen molar-refractivity contribution in [3.63, 3.8) is 0 Å². The molecule has 2 amide bonds. The van der Waals surface area contributed by atoms with Gasteiger partial charge in [0.1, 0.15) is 28.3 Å². The summed E-state index contributed by atoms with van der Waals surface area (Å²) in [6.45, 7) is 14.2. The second kappa shape index (κ2) is 12.9. The van der Waals surface area contributed by atoms with Crippen molar-refractivity contribution in [1.29, 1.82) is 0 Å². The van der Waals surface area contributed by atoms with E-state index in [-0.39, 0.29) is 46.7 Å². The fraction of sp³-hybridized carbons (Fsp3) is 0.483. The molecule has 2 atom stereocenters. The lowest BCUT2D eigenvalue weighted by Gasteiger charge is -2.29. The Labute approximate surface area is 264 Å². The number of fused-ring (bicyclic) bond motifs is 4. The number of carboxylic acids is 1. The van der Waals surface area contributed by atoms with Crippen LogP contribution in [0.2, 0.25) is 10.6 Å². The van der Waals surface area contributed by atoms with E-state index in [0.29, 0.717) is 29.2 Å². The van der Waals surface area contributed by atoms with Crippen LogP contribution in [0.3, 0.4) is 0 Å². The van der Waals surface area contributed by atoms with Gasteiger partial charge in [0, 0.05) is 36.3 Å². The number of ether oxygens (including phenoxy) is 1. The number of hydrogen-bond acceptors (Lipinski definition) is 8. The number of carboxylic acid groups (broad SMARTS) is 1. The van der Waals surface area contributed by atoms with Gasteiger partial charge in [-0.1, -0.05) is 27.7 Å². The normalized spacial score (nSPS) is 15.5. The van der Waals surface area contributed by atoms with Crippen molar-refractivity contribution in [2.45, 2.75) is 66.2 Å². The number of aromatic nitrogens is 6. The Morgan fingerprint density at radius 1 is 1.07 bits per heavy atom. The summed E-state index contributed by atoms with van der Waals surface area (Å²) in [5.74, 6) is -0.760. The van der Waals surface area contributed by atoms with Gasteiger partial charge in [0.05, 0.1) is 12.1 Å². The van der Waals surface area contributed by atoms with Gasteiger partial charge in [-0.3, -0.25) is 4.79 Å². The molecular weight excluding hydrogens is 611 g/mol. The van der Waals surface area contributed by atoms with Crippen molar-refractivity contribution in [3.05, 3.63) is 46.5 Å². The number of carbonyl (C=O) groups is 3. The standard InChI is InChI=1S/C17H23ClN4O4.C12H13ClN4O/c1-9(2)12(8-20-16(25)26-17(3,4)5)22-11(14(23)24)6-10-7-19-15(18)21-13(10)22;1-6(2)9-5-14-11(18)8-3-7-4-15-12(13)16-10(7)17(8)9/h6-7,9,12H,8H2,1-5H3,(H,20,25)(H,23,24);3-4,6,9H,5H2,1-2H3,(H,14,18)/t12-;9-/m11/s1. The molecule has 15 heteroatoms. The van der Waals surface area contributed by atoms with Crippen LogP contribution in [0.15, 0.2) is 24.5 Å². The van der Waals surface area contributed by atoms with E-state index < -0.39 is 17.7 Å².